The number of nitro groups is 1. The van der Waals surface area contributed by atoms with E-state index in [0.29, 0.717) is 12.3 Å². The number of nitro benzene ring substituents is 1. The molecule has 2 aromatic carbocycles. The van der Waals surface area contributed by atoms with E-state index in [1.807, 2.05) is 7.05 Å². The molecule has 0 saturated carbocycles. The maximum Gasteiger partial charge on any atom is 0.282 e. The highest BCUT2D eigenvalue weighted by Crippen LogP contribution is 2.28. The lowest BCUT2D eigenvalue weighted by atomic mass is 10.1. The molecule has 8 heteroatoms. The van der Waals surface area contributed by atoms with Crippen LogP contribution >= 0.6 is 0 Å². The van der Waals surface area contributed by atoms with Crippen molar-refractivity contribution in [2.45, 2.75) is 19.5 Å². The lowest BCUT2D eigenvalue weighted by Crippen LogP contribution is -3.12. The van der Waals surface area contributed by atoms with Crippen LogP contribution in [0.25, 0.3) is 0 Å². The van der Waals surface area contributed by atoms with Gasteiger partial charge in [-0.15, -0.1) is 0 Å². The molecule has 2 N–H and O–H groups in total. The van der Waals surface area contributed by atoms with Crippen molar-refractivity contribution in [3.8, 4) is 5.75 Å². The average molecular weight is 362 g/mol. The van der Waals surface area contributed by atoms with Crippen LogP contribution in [0.15, 0.2) is 42.5 Å². The van der Waals surface area contributed by atoms with Crippen LogP contribution in [-0.2, 0) is 11.3 Å². The number of ether oxygens (including phenoxy) is 1. The summed E-state index contributed by atoms with van der Waals surface area (Å²) in [5, 5.41) is 13.6. The number of hydrogen-bond acceptors (Lipinski definition) is 4. The maximum atomic E-state index is 13.0. The standard InChI is InChI=1S/C18H20FN3O4/c1-12(21(2)11-13-4-6-14(19)7-5-13)18(23)20-16-10-15(22(24)25)8-9-17(16)26-3/h4-10,12H,11H2,1-3H3,(H,20,23)/p+1/t12-/m1/s1. The molecule has 7 nitrogen and oxygen atoms in total. The van der Waals surface area contributed by atoms with Crippen LogP contribution in [0.4, 0.5) is 15.8 Å². The summed E-state index contributed by atoms with van der Waals surface area (Å²) in [7, 11) is 3.27. The van der Waals surface area contributed by atoms with E-state index in [0.717, 1.165) is 10.5 Å². The van der Waals surface area contributed by atoms with Gasteiger partial charge in [0.2, 0.25) is 0 Å². The minimum Gasteiger partial charge on any atom is -0.495 e. The first kappa shape index (κ1) is 19.3. The van der Waals surface area contributed by atoms with E-state index < -0.39 is 11.0 Å². The quantitative estimate of drug-likeness (QED) is 0.581. The number of quaternary nitrogens is 1. The monoisotopic (exact) mass is 362 g/mol. The summed E-state index contributed by atoms with van der Waals surface area (Å²) in [5.74, 6) is -0.272. The number of nitrogens with zero attached hydrogens (tertiary/aromatic N) is 1. The zero-order chi connectivity index (χ0) is 19.3. The van der Waals surface area contributed by atoms with Gasteiger partial charge >= 0.3 is 0 Å². The van der Waals surface area contributed by atoms with Crippen LogP contribution < -0.4 is 15.0 Å². The number of rotatable bonds is 7. The fourth-order valence-corrected chi connectivity index (χ4v) is 2.45. The molecule has 0 fully saturated rings. The summed E-state index contributed by atoms with van der Waals surface area (Å²) in [6.45, 7) is 2.28. The van der Waals surface area contributed by atoms with E-state index in [1.165, 1.54) is 37.4 Å². The second-order valence-electron chi connectivity index (χ2n) is 6.00. The van der Waals surface area contributed by atoms with Crippen molar-refractivity contribution in [1.29, 1.82) is 0 Å². The number of amides is 1. The largest absolute Gasteiger partial charge is 0.495 e. The average Bonchev–Trinajstić information content (AvgIpc) is 2.62. The van der Waals surface area contributed by atoms with Gasteiger partial charge in [-0.1, -0.05) is 12.1 Å². The SMILES string of the molecule is COc1ccc([N+](=O)[O-])cc1NC(=O)[C@@H](C)[NH+](C)Cc1ccc(F)cc1. The Morgan fingerprint density at radius 1 is 1.31 bits per heavy atom. The number of non-ortho nitro benzene ring substituents is 1. The van der Waals surface area contributed by atoms with Gasteiger partial charge < -0.3 is 15.0 Å². The molecule has 0 bridgehead atoms. The number of carbonyl (C=O) groups excluding carboxylic acids is 1. The van der Waals surface area contributed by atoms with Gasteiger partial charge in [-0.2, -0.15) is 0 Å². The molecule has 0 spiro atoms. The van der Waals surface area contributed by atoms with Crippen molar-refractivity contribution in [3.05, 3.63) is 64.0 Å². The van der Waals surface area contributed by atoms with Crippen molar-refractivity contribution < 1.29 is 23.7 Å². The summed E-state index contributed by atoms with van der Waals surface area (Å²) in [4.78, 5) is 23.8. The summed E-state index contributed by atoms with van der Waals surface area (Å²) in [6.07, 6.45) is 0. The smallest absolute Gasteiger partial charge is 0.282 e. The Balaban J connectivity index is 2.09. The number of hydrogen-bond donors (Lipinski definition) is 2. The Morgan fingerprint density at radius 2 is 1.96 bits per heavy atom. The van der Waals surface area contributed by atoms with Gasteiger partial charge in [-0.25, -0.2) is 4.39 Å². The zero-order valence-electron chi connectivity index (χ0n) is 14.8. The number of likely N-dealkylation sites (N-methyl/N-ethyl adjacent to an activating group) is 1. The second-order valence-corrected chi connectivity index (χ2v) is 6.00. The Kier molecular flexibility index (Phi) is 6.24. The first-order valence-electron chi connectivity index (χ1n) is 8.02. The predicted molar refractivity (Wildman–Crippen MR) is 94.7 cm³/mol. The number of anilines is 1. The van der Waals surface area contributed by atoms with Crippen LogP contribution in [0.1, 0.15) is 12.5 Å². The van der Waals surface area contributed by atoms with Crippen LogP contribution in [-0.4, -0.2) is 31.0 Å². The Hall–Kier alpha value is -3.00. The summed E-state index contributed by atoms with van der Waals surface area (Å²) in [5.41, 5.74) is 1.00. The summed E-state index contributed by atoms with van der Waals surface area (Å²) in [6, 6.07) is 9.67. The van der Waals surface area contributed by atoms with Crippen molar-refractivity contribution in [1.82, 2.24) is 0 Å². The fraction of sp³-hybridized carbons (Fsp3) is 0.278. The predicted octanol–water partition coefficient (Wildman–Crippen LogP) is 1.78. The molecule has 2 rings (SSSR count). The van der Waals surface area contributed by atoms with Gasteiger partial charge in [0.1, 0.15) is 18.1 Å². The second kappa shape index (κ2) is 8.39. The van der Waals surface area contributed by atoms with Crippen molar-refractivity contribution in [2.24, 2.45) is 0 Å². The van der Waals surface area contributed by atoms with E-state index >= 15 is 0 Å². The van der Waals surface area contributed by atoms with Gasteiger partial charge in [-0.05, 0) is 25.1 Å². The molecule has 2 aromatic rings. The normalized spacial score (nSPS) is 12.9. The van der Waals surface area contributed by atoms with Gasteiger partial charge in [0.05, 0.1) is 24.8 Å². The highest BCUT2D eigenvalue weighted by Gasteiger charge is 2.24. The third-order valence-corrected chi connectivity index (χ3v) is 4.18. The van der Waals surface area contributed by atoms with Gasteiger partial charge in [0, 0.05) is 17.7 Å². The summed E-state index contributed by atoms with van der Waals surface area (Å²) >= 11 is 0. The number of methoxy groups -OCH3 is 1. The molecule has 0 aliphatic carbocycles. The molecular formula is C18H21FN3O4+. The van der Waals surface area contributed by atoms with Crippen LogP contribution in [0.2, 0.25) is 0 Å². The molecule has 0 radical (unpaired) electrons. The summed E-state index contributed by atoms with van der Waals surface area (Å²) < 4.78 is 18.1. The molecule has 1 amide bonds. The molecule has 0 aliphatic rings. The van der Waals surface area contributed by atoms with Gasteiger partial charge in [-0.3, -0.25) is 14.9 Å². The molecule has 0 aliphatic heterocycles. The maximum absolute atomic E-state index is 13.0. The van der Waals surface area contributed by atoms with E-state index in [9.17, 15) is 19.3 Å². The molecule has 0 heterocycles. The molecule has 0 aromatic heterocycles. The minimum atomic E-state index is -0.537. The van der Waals surface area contributed by atoms with Crippen molar-refractivity contribution >= 4 is 17.3 Å². The third kappa shape index (κ3) is 4.76. The number of halogens is 1. The van der Waals surface area contributed by atoms with Crippen molar-refractivity contribution in [2.75, 3.05) is 19.5 Å². The lowest BCUT2D eigenvalue weighted by molar-refractivity contribution is -0.907. The van der Waals surface area contributed by atoms with Gasteiger partial charge in [0.25, 0.3) is 11.6 Å². The van der Waals surface area contributed by atoms with Gasteiger partial charge in [0.15, 0.2) is 6.04 Å². The Bertz CT molecular complexity index is 796. The number of carbonyl (C=O) groups is 1. The lowest BCUT2D eigenvalue weighted by Gasteiger charge is -2.21. The molecular weight excluding hydrogens is 341 g/mol. The van der Waals surface area contributed by atoms with E-state index in [-0.39, 0.29) is 23.1 Å². The van der Waals surface area contributed by atoms with Crippen LogP contribution in [0, 0.1) is 15.9 Å². The van der Waals surface area contributed by atoms with E-state index in [4.69, 9.17) is 4.74 Å². The topological polar surface area (TPSA) is 85.9 Å². The van der Waals surface area contributed by atoms with Crippen LogP contribution in [0.5, 0.6) is 5.75 Å². The first-order valence-corrected chi connectivity index (χ1v) is 8.02. The molecule has 26 heavy (non-hydrogen) atoms. The first-order chi connectivity index (χ1) is 12.3. The Labute approximate surface area is 150 Å². The highest BCUT2D eigenvalue weighted by molar-refractivity contribution is 5.95. The molecule has 0 saturated heterocycles. The number of benzene rings is 2. The van der Waals surface area contributed by atoms with Crippen LogP contribution in [0.3, 0.4) is 0 Å². The molecule has 2 atom stereocenters. The highest BCUT2D eigenvalue weighted by atomic mass is 19.1. The molecule has 1 unspecified atom stereocenters. The zero-order valence-corrected chi connectivity index (χ0v) is 14.8. The van der Waals surface area contributed by atoms with E-state index in [2.05, 4.69) is 5.32 Å². The minimum absolute atomic E-state index is 0.138. The fourth-order valence-electron chi connectivity index (χ4n) is 2.45. The van der Waals surface area contributed by atoms with Crippen molar-refractivity contribution in [3.63, 3.8) is 0 Å². The van der Waals surface area contributed by atoms with E-state index in [1.54, 1.807) is 19.1 Å². The number of nitrogens with one attached hydrogen (secondary N) is 2. The Morgan fingerprint density at radius 3 is 2.54 bits per heavy atom. The molecule has 138 valence electrons. The third-order valence-electron chi connectivity index (χ3n) is 4.18.